The summed E-state index contributed by atoms with van der Waals surface area (Å²) >= 11 is 1.30. The molecule has 5 rings (SSSR count). The van der Waals surface area contributed by atoms with Crippen LogP contribution < -0.4 is 14.8 Å². The minimum atomic E-state index is -0.204. The molecule has 0 saturated carbocycles. The van der Waals surface area contributed by atoms with Crippen LogP contribution in [0.1, 0.15) is 17.2 Å². The summed E-state index contributed by atoms with van der Waals surface area (Å²) in [7, 11) is 3.13. The van der Waals surface area contributed by atoms with Crippen LogP contribution in [0.3, 0.4) is 0 Å². The lowest BCUT2D eigenvalue weighted by Gasteiger charge is -2.12. The van der Waals surface area contributed by atoms with Crippen LogP contribution >= 0.6 is 11.8 Å². The molecule has 0 spiro atoms. The van der Waals surface area contributed by atoms with Crippen LogP contribution in [-0.4, -0.2) is 55.2 Å². The van der Waals surface area contributed by atoms with Gasteiger partial charge in [0.1, 0.15) is 11.5 Å². The molecule has 1 N–H and O–H groups in total. The average molecular weight is 518 g/mol. The van der Waals surface area contributed by atoms with E-state index < -0.39 is 0 Å². The predicted molar refractivity (Wildman–Crippen MR) is 143 cm³/mol. The topological polar surface area (TPSA) is 108 Å². The zero-order chi connectivity index (χ0) is 25.9. The zero-order valence-corrected chi connectivity index (χ0v) is 21.9. The van der Waals surface area contributed by atoms with Gasteiger partial charge in [-0.25, -0.2) is 9.97 Å². The largest absolute Gasteiger partial charge is 0.497 e. The molecule has 0 radical (unpaired) electrons. The van der Waals surface area contributed by atoms with E-state index in [1.165, 1.54) is 11.8 Å². The molecule has 0 aliphatic heterocycles. The lowest BCUT2D eigenvalue weighted by molar-refractivity contribution is -0.113. The molecule has 0 aliphatic rings. The number of anilines is 1. The Hall–Kier alpha value is -4.12. The first-order valence-electron chi connectivity index (χ1n) is 11.8. The molecule has 0 bridgehead atoms. The Morgan fingerprint density at radius 2 is 1.86 bits per heavy atom. The number of aryl methyl sites for hydroxylation is 4. The third-order valence-electron chi connectivity index (χ3n) is 5.86. The summed E-state index contributed by atoms with van der Waals surface area (Å²) in [6.45, 7) is 4.69. The Morgan fingerprint density at radius 1 is 1.03 bits per heavy atom. The minimum absolute atomic E-state index is 0.127. The molecular formula is C26H27N7O3S. The van der Waals surface area contributed by atoms with Gasteiger partial charge < -0.3 is 14.8 Å². The van der Waals surface area contributed by atoms with Gasteiger partial charge in [0.15, 0.2) is 16.6 Å². The van der Waals surface area contributed by atoms with Crippen LogP contribution in [0.4, 0.5) is 5.69 Å². The summed E-state index contributed by atoms with van der Waals surface area (Å²) in [5, 5.41) is 13.7. The molecule has 0 aliphatic carbocycles. The summed E-state index contributed by atoms with van der Waals surface area (Å²) < 4.78 is 14.3. The van der Waals surface area contributed by atoms with E-state index in [1.807, 2.05) is 42.8 Å². The molecule has 0 fully saturated rings. The Balaban J connectivity index is 1.38. The molecule has 2 aromatic carbocycles. The first-order valence-corrected chi connectivity index (χ1v) is 12.7. The molecule has 5 aromatic rings. The predicted octanol–water partition coefficient (Wildman–Crippen LogP) is 4.08. The molecule has 10 nitrogen and oxygen atoms in total. The van der Waals surface area contributed by atoms with Crippen LogP contribution in [0.2, 0.25) is 0 Å². The Kier molecular flexibility index (Phi) is 6.95. The average Bonchev–Trinajstić information content (AvgIpc) is 3.48. The summed E-state index contributed by atoms with van der Waals surface area (Å²) in [6.07, 6.45) is 0.623. The number of ether oxygens (including phenoxy) is 2. The number of thioether (sulfide) groups is 1. The van der Waals surface area contributed by atoms with Gasteiger partial charge in [-0.3, -0.25) is 9.48 Å². The fourth-order valence-electron chi connectivity index (χ4n) is 4.11. The minimum Gasteiger partial charge on any atom is -0.497 e. The second-order valence-electron chi connectivity index (χ2n) is 8.48. The van der Waals surface area contributed by atoms with Crippen LogP contribution in [0.25, 0.3) is 16.6 Å². The molecule has 3 heterocycles. The van der Waals surface area contributed by atoms with Crippen LogP contribution in [0.5, 0.6) is 11.5 Å². The summed E-state index contributed by atoms with van der Waals surface area (Å²) in [5.41, 5.74) is 4.13. The molecule has 3 aromatic heterocycles. The second-order valence-corrected chi connectivity index (χ2v) is 9.42. The van der Waals surface area contributed by atoms with Crippen molar-refractivity contribution in [3.05, 3.63) is 65.7 Å². The number of nitrogens with one attached hydrogen (secondary N) is 1. The standard InChI is InChI=1S/C26H27N7O3S/c1-16-13-17(2)32(30-16)12-11-23-29-25-19-7-5-6-8-20(19)28-26(33(25)31-23)37-15-24(34)27-21-14-18(35-3)9-10-22(21)36-4/h5-10,13-14H,11-12,15H2,1-4H3,(H,27,34). The molecule has 0 saturated heterocycles. The van der Waals surface area contributed by atoms with Crippen molar-refractivity contribution in [1.82, 2.24) is 29.4 Å². The van der Waals surface area contributed by atoms with Gasteiger partial charge in [-0.15, -0.1) is 5.10 Å². The Bertz CT molecular complexity index is 1590. The Morgan fingerprint density at radius 3 is 2.62 bits per heavy atom. The van der Waals surface area contributed by atoms with E-state index >= 15 is 0 Å². The molecule has 37 heavy (non-hydrogen) atoms. The van der Waals surface area contributed by atoms with Crippen molar-refractivity contribution in [2.45, 2.75) is 32.0 Å². The number of fused-ring (bicyclic) bond motifs is 3. The Labute approximate surface area is 218 Å². The number of hydrogen-bond acceptors (Lipinski definition) is 8. The van der Waals surface area contributed by atoms with Crippen LogP contribution in [0, 0.1) is 13.8 Å². The van der Waals surface area contributed by atoms with Gasteiger partial charge in [0, 0.05) is 30.1 Å². The van der Waals surface area contributed by atoms with Gasteiger partial charge >= 0.3 is 0 Å². The molecule has 0 atom stereocenters. The van der Waals surface area contributed by atoms with E-state index in [2.05, 4.69) is 16.5 Å². The number of carbonyl (C=O) groups excluding carboxylic acids is 1. The van der Waals surface area contributed by atoms with Gasteiger partial charge in [-0.2, -0.15) is 9.61 Å². The number of benzene rings is 2. The molecule has 190 valence electrons. The highest BCUT2D eigenvalue weighted by molar-refractivity contribution is 7.99. The first kappa shape index (κ1) is 24.6. The number of methoxy groups -OCH3 is 2. The number of carbonyl (C=O) groups is 1. The normalized spacial score (nSPS) is 11.2. The van der Waals surface area contributed by atoms with E-state index in [9.17, 15) is 4.79 Å². The van der Waals surface area contributed by atoms with E-state index in [1.54, 1.807) is 36.9 Å². The quantitative estimate of drug-likeness (QED) is 0.230. The maximum absolute atomic E-state index is 12.8. The fraction of sp³-hybridized carbons (Fsp3) is 0.269. The van der Waals surface area contributed by atoms with Gasteiger partial charge in [0.25, 0.3) is 0 Å². The third-order valence-corrected chi connectivity index (χ3v) is 6.79. The summed E-state index contributed by atoms with van der Waals surface area (Å²) in [5.74, 6) is 1.79. The lowest BCUT2D eigenvalue weighted by atomic mass is 10.2. The van der Waals surface area contributed by atoms with Crippen molar-refractivity contribution in [1.29, 1.82) is 0 Å². The highest BCUT2D eigenvalue weighted by Crippen LogP contribution is 2.29. The van der Waals surface area contributed by atoms with Crippen molar-refractivity contribution >= 4 is 39.9 Å². The van der Waals surface area contributed by atoms with E-state index in [-0.39, 0.29) is 11.7 Å². The number of amides is 1. The van der Waals surface area contributed by atoms with Crippen molar-refractivity contribution < 1.29 is 14.3 Å². The number of aromatic nitrogens is 6. The maximum Gasteiger partial charge on any atom is 0.234 e. The SMILES string of the molecule is COc1ccc(OC)c(NC(=O)CSc2nc3ccccc3c3nc(CCn4nc(C)cc4C)nn23)c1. The molecular weight excluding hydrogens is 490 g/mol. The molecule has 11 heteroatoms. The lowest BCUT2D eigenvalue weighted by Crippen LogP contribution is -2.15. The highest BCUT2D eigenvalue weighted by atomic mass is 32.2. The number of rotatable bonds is 9. The zero-order valence-electron chi connectivity index (χ0n) is 21.1. The molecule has 1 amide bonds. The van der Waals surface area contributed by atoms with Crippen LogP contribution in [0.15, 0.2) is 53.7 Å². The van der Waals surface area contributed by atoms with Crippen molar-refractivity contribution in [3.8, 4) is 11.5 Å². The third kappa shape index (κ3) is 5.21. The van der Waals surface area contributed by atoms with Crippen molar-refractivity contribution in [2.75, 3.05) is 25.3 Å². The van der Waals surface area contributed by atoms with Crippen LogP contribution in [-0.2, 0) is 17.8 Å². The van der Waals surface area contributed by atoms with E-state index in [4.69, 9.17) is 24.5 Å². The van der Waals surface area contributed by atoms with Gasteiger partial charge in [-0.1, -0.05) is 23.9 Å². The number of nitrogens with zero attached hydrogens (tertiary/aromatic N) is 6. The van der Waals surface area contributed by atoms with Crippen molar-refractivity contribution in [2.24, 2.45) is 0 Å². The van der Waals surface area contributed by atoms with E-state index in [0.29, 0.717) is 46.8 Å². The smallest absolute Gasteiger partial charge is 0.234 e. The maximum atomic E-state index is 12.8. The monoisotopic (exact) mass is 517 g/mol. The van der Waals surface area contributed by atoms with E-state index in [0.717, 1.165) is 22.3 Å². The first-order chi connectivity index (χ1) is 17.9. The second kappa shape index (κ2) is 10.5. The number of para-hydroxylation sites is 1. The summed E-state index contributed by atoms with van der Waals surface area (Å²) in [6, 6.07) is 15.1. The van der Waals surface area contributed by atoms with Gasteiger partial charge in [-0.05, 0) is 44.2 Å². The number of hydrogen-bond donors (Lipinski definition) is 1. The van der Waals surface area contributed by atoms with Gasteiger partial charge in [0.05, 0.1) is 36.9 Å². The van der Waals surface area contributed by atoms with Gasteiger partial charge in [0.2, 0.25) is 5.91 Å². The fourth-order valence-corrected chi connectivity index (χ4v) is 4.85. The highest BCUT2D eigenvalue weighted by Gasteiger charge is 2.16. The molecule has 0 unspecified atom stereocenters. The summed E-state index contributed by atoms with van der Waals surface area (Å²) in [4.78, 5) is 22.4. The van der Waals surface area contributed by atoms with Crippen molar-refractivity contribution in [3.63, 3.8) is 0 Å².